The lowest BCUT2D eigenvalue weighted by atomic mass is 10.1. The van der Waals surface area contributed by atoms with Crippen LogP contribution in [0.2, 0.25) is 0 Å². The second-order valence-corrected chi connectivity index (χ2v) is 5.68. The van der Waals surface area contributed by atoms with Crippen molar-refractivity contribution in [2.24, 2.45) is 0 Å². The van der Waals surface area contributed by atoms with Gasteiger partial charge in [-0.25, -0.2) is 4.79 Å². The highest BCUT2D eigenvalue weighted by molar-refractivity contribution is 6.05. The number of nitrogens with one attached hydrogen (secondary N) is 1. The standard InChI is InChI=1S/C19H16F3NO3/c1-3-25-18(24)17-11(2)23-16-9-8-14(10-15(16)17)26-13-6-4-12(5-7-13)19(20,21)22/h4-10,23H,3H2,1-2H3. The fourth-order valence-corrected chi connectivity index (χ4v) is 2.68. The van der Waals surface area contributed by atoms with Gasteiger partial charge in [0.1, 0.15) is 11.5 Å². The lowest BCUT2D eigenvalue weighted by molar-refractivity contribution is -0.137. The molecule has 7 heteroatoms. The number of H-pyrrole nitrogens is 1. The Morgan fingerprint density at radius 1 is 1.08 bits per heavy atom. The third kappa shape index (κ3) is 3.51. The van der Waals surface area contributed by atoms with Crippen LogP contribution in [-0.4, -0.2) is 17.6 Å². The van der Waals surface area contributed by atoms with Gasteiger partial charge in [-0.3, -0.25) is 0 Å². The molecule has 0 saturated heterocycles. The highest BCUT2D eigenvalue weighted by atomic mass is 19.4. The summed E-state index contributed by atoms with van der Waals surface area (Å²) in [4.78, 5) is 15.3. The molecule has 3 rings (SSSR count). The molecule has 1 N–H and O–H groups in total. The van der Waals surface area contributed by atoms with E-state index in [9.17, 15) is 18.0 Å². The van der Waals surface area contributed by atoms with Gasteiger partial charge in [-0.2, -0.15) is 13.2 Å². The second-order valence-electron chi connectivity index (χ2n) is 5.68. The Labute approximate surface area is 147 Å². The van der Waals surface area contributed by atoms with Crippen molar-refractivity contribution in [3.63, 3.8) is 0 Å². The van der Waals surface area contributed by atoms with Gasteiger partial charge in [0.05, 0.1) is 17.7 Å². The molecule has 0 aliphatic heterocycles. The minimum Gasteiger partial charge on any atom is -0.462 e. The molecule has 26 heavy (non-hydrogen) atoms. The van der Waals surface area contributed by atoms with Crippen LogP contribution in [-0.2, 0) is 10.9 Å². The molecule has 0 saturated carbocycles. The van der Waals surface area contributed by atoms with E-state index in [-0.39, 0.29) is 12.4 Å². The molecule has 0 bridgehead atoms. The minimum atomic E-state index is -4.39. The van der Waals surface area contributed by atoms with E-state index in [4.69, 9.17) is 9.47 Å². The quantitative estimate of drug-likeness (QED) is 0.626. The summed E-state index contributed by atoms with van der Waals surface area (Å²) in [5.74, 6) is 0.229. The monoisotopic (exact) mass is 363 g/mol. The fourth-order valence-electron chi connectivity index (χ4n) is 2.68. The van der Waals surface area contributed by atoms with Crippen molar-refractivity contribution >= 4 is 16.9 Å². The predicted molar refractivity (Wildman–Crippen MR) is 90.5 cm³/mol. The molecule has 136 valence electrons. The number of benzene rings is 2. The van der Waals surface area contributed by atoms with Gasteiger partial charge in [-0.15, -0.1) is 0 Å². The number of carbonyl (C=O) groups excluding carboxylic acids is 1. The number of carbonyl (C=O) groups is 1. The van der Waals surface area contributed by atoms with Crippen LogP contribution >= 0.6 is 0 Å². The third-order valence-corrected chi connectivity index (χ3v) is 3.85. The molecule has 0 spiro atoms. The highest BCUT2D eigenvalue weighted by Crippen LogP contribution is 2.33. The first-order valence-electron chi connectivity index (χ1n) is 7.94. The Morgan fingerprint density at radius 2 is 1.73 bits per heavy atom. The molecule has 0 atom stereocenters. The summed E-state index contributed by atoms with van der Waals surface area (Å²) in [6.45, 7) is 3.75. The number of rotatable bonds is 4. The van der Waals surface area contributed by atoms with Crippen LogP contribution < -0.4 is 4.74 Å². The summed E-state index contributed by atoms with van der Waals surface area (Å²) in [5.41, 5.74) is 1.08. The highest BCUT2D eigenvalue weighted by Gasteiger charge is 2.30. The first-order valence-corrected chi connectivity index (χ1v) is 7.94. The second kappa shape index (κ2) is 6.74. The van der Waals surface area contributed by atoms with Crippen LogP contribution in [0.4, 0.5) is 13.2 Å². The maximum atomic E-state index is 12.6. The molecule has 0 unspecified atom stereocenters. The van der Waals surface area contributed by atoms with E-state index in [1.165, 1.54) is 12.1 Å². The van der Waals surface area contributed by atoms with Crippen LogP contribution in [0.25, 0.3) is 10.9 Å². The molecular weight excluding hydrogens is 347 g/mol. The summed E-state index contributed by atoms with van der Waals surface area (Å²) < 4.78 is 48.6. The number of halogens is 3. The fraction of sp³-hybridized carbons (Fsp3) is 0.211. The summed E-state index contributed by atoms with van der Waals surface area (Å²) in [7, 11) is 0. The maximum absolute atomic E-state index is 12.6. The van der Waals surface area contributed by atoms with E-state index < -0.39 is 17.7 Å². The Kier molecular flexibility index (Phi) is 4.63. The Bertz CT molecular complexity index is 943. The SMILES string of the molecule is CCOC(=O)c1c(C)[nH]c2ccc(Oc3ccc(C(F)(F)F)cc3)cc12. The smallest absolute Gasteiger partial charge is 0.416 e. The molecule has 3 aromatic rings. The van der Waals surface area contributed by atoms with E-state index in [1.807, 2.05) is 0 Å². The number of ether oxygens (including phenoxy) is 2. The van der Waals surface area contributed by atoms with Crippen molar-refractivity contribution in [2.75, 3.05) is 6.61 Å². The van der Waals surface area contributed by atoms with Crippen molar-refractivity contribution in [1.29, 1.82) is 0 Å². The molecule has 1 heterocycles. The zero-order valence-corrected chi connectivity index (χ0v) is 14.1. The van der Waals surface area contributed by atoms with Crippen molar-refractivity contribution in [3.8, 4) is 11.5 Å². The van der Waals surface area contributed by atoms with Crippen LogP contribution in [0.3, 0.4) is 0 Å². The van der Waals surface area contributed by atoms with Crippen molar-refractivity contribution < 1.29 is 27.4 Å². The number of aromatic nitrogens is 1. The zero-order valence-electron chi connectivity index (χ0n) is 14.1. The topological polar surface area (TPSA) is 51.3 Å². The van der Waals surface area contributed by atoms with Crippen molar-refractivity contribution in [1.82, 2.24) is 4.98 Å². The predicted octanol–water partition coefficient (Wildman–Crippen LogP) is 5.46. The van der Waals surface area contributed by atoms with E-state index in [2.05, 4.69) is 4.98 Å². The summed E-state index contributed by atoms with van der Waals surface area (Å²) in [6.07, 6.45) is -4.39. The Hall–Kier alpha value is -2.96. The van der Waals surface area contributed by atoms with E-state index in [0.29, 0.717) is 22.4 Å². The lowest BCUT2D eigenvalue weighted by Crippen LogP contribution is -2.05. The molecule has 2 aromatic carbocycles. The van der Waals surface area contributed by atoms with Gasteiger partial charge in [0.2, 0.25) is 0 Å². The molecule has 0 fully saturated rings. The number of alkyl halides is 3. The van der Waals surface area contributed by atoms with Crippen molar-refractivity contribution in [2.45, 2.75) is 20.0 Å². The lowest BCUT2D eigenvalue weighted by Gasteiger charge is -2.09. The Morgan fingerprint density at radius 3 is 2.35 bits per heavy atom. The normalized spacial score (nSPS) is 11.6. The summed E-state index contributed by atoms with van der Waals surface area (Å²) in [6, 6.07) is 9.48. The van der Waals surface area contributed by atoms with Crippen LogP contribution in [0.5, 0.6) is 11.5 Å². The Balaban J connectivity index is 1.91. The maximum Gasteiger partial charge on any atom is 0.416 e. The van der Waals surface area contributed by atoms with Gasteiger partial charge in [-0.05, 0) is 56.3 Å². The number of hydrogen-bond acceptors (Lipinski definition) is 3. The van der Waals surface area contributed by atoms with Gasteiger partial charge in [0, 0.05) is 16.6 Å². The largest absolute Gasteiger partial charge is 0.462 e. The van der Waals surface area contributed by atoms with Gasteiger partial charge in [0.15, 0.2) is 0 Å². The molecule has 0 radical (unpaired) electrons. The van der Waals surface area contributed by atoms with Gasteiger partial charge >= 0.3 is 12.1 Å². The minimum absolute atomic E-state index is 0.257. The van der Waals surface area contributed by atoms with E-state index in [0.717, 1.165) is 17.6 Å². The van der Waals surface area contributed by atoms with Crippen LogP contribution in [0.1, 0.15) is 28.5 Å². The number of esters is 1. The molecule has 0 aliphatic rings. The molecular formula is C19H16F3NO3. The third-order valence-electron chi connectivity index (χ3n) is 3.85. The van der Waals surface area contributed by atoms with Crippen LogP contribution in [0.15, 0.2) is 42.5 Å². The number of aryl methyl sites for hydroxylation is 1. The molecule has 4 nitrogen and oxygen atoms in total. The van der Waals surface area contributed by atoms with Gasteiger partial charge in [0.25, 0.3) is 0 Å². The zero-order chi connectivity index (χ0) is 18.9. The van der Waals surface area contributed by atoms with Gasteiger partial charge < -0.3 is 14.5 Å². The number of fused-ring (bicyclic) bond motifs is 1. The van der Waals surface area contributed by atoms with Crippen LogP contribution in [0, 0.1) is 6.92 Å². The molecule has 0 amide bonds. The first-order chi connectivity index (χ1) is 12.3. The molecule has 0 aliphatic carbocycles. The average molecular weight is 363 g/mol. The summed E-state index contributed by atoms with van der Waals surface area (Å²) >= 11 is 0. The van der Waals surface area contributed by atoms with Gasteiger partial charge in [-0.1, -0.05) is 0 Å². The number of aromatic amines is 1. The van der Waals surface area contributed by atoms with E-state index >= 15 is 0 Å². The first kappa shape index (κ1) is 17.8. The molecule has 1 aromatic heterocycles. The van der Waals surface area contributed by atoms with E-state index in [1.54, 1.807) is 32.0 Å². The number of hydrogen-bond donors (Lipinski definition) is 1. The summed E-state index contributed by atoms with van der Waals surface area (Å²) in [5, 5.41) is 0.630. The average Bonchev–Trinajstić information content (AvgIpc) is 2.90. The van der Waals surface area contributed by atoms with Crippen molar-refractivity contribution in [3.05, 3.63) is 59.3 Å².